The van der Waals surface area contributed by atoms with Gasteiger partial charge in [-0.3, -0.25) is 9.78 Å². The summed E-state index contributed by atoms with van der Waals surface area (Å²) >= 11 is 0. The zero-order valence-electron chi connectivity index (χ0n) is 14.4. The van der Waals surface area contributed by atoms with Gasteiger partial charge in [0.25, 0.3) is 5.91 Å². The Morgan fingerprint density at radius 2 is 1.96 bits per heavy atom. The number of anilines is 2. The number of nitrogens with zero attached hydrogens (tertiary/aromatic N) is 3. The van der Waals surface area contributed by atoms with Gasteiger partial charge in [-0.15, -0.1) is 0 Å². The van der Waals surface area contributed by atoms with Crippen molar-refractivity contribution in [3.05, 3.63) is 83.8 Å². The summed E-state index contributed by atoms with van der Waals surface area (Å²) in [5, 5.41) is 2.97. The summed E-state index contributed by atoms with van der Waals surface area (Å²) in [4.78, 5) is 23.6. The summed E-state index contributed by atoms with van der Waals surface area (Å²) < 4.78 is 0. The lowest BCUT2D eigenvalue weighted by Gasteiger charge is -2.31. The lowest BCUT2D eigenvalue weighted by Crippen LogP contribution is -2.30. The molecule has 0 fully saturated rings. The lowest BCUT2D eigenvalue weighted by atomic mass is 10.0. The molecule has 5 nitrogen and oxygen atoms in total. The standard InChI is InChI=1S/C21H20N4O/c26-21(24-15-16-6-3-11-22-14-16)18-9-4-12-23-20(18)25-13-5-8-17-7-1-2-10-19(17)25/h1-4,6-7,9-12,14H,5,8,13,15H2,(H,24,26). The van der Waals surface area contributed by atoms with Gasteiger partial charge in [-0.05, 0) is 48.2 Å². The van der Waals surface area contributed by atoms with Crippen LogP contribution in [0.15, 0.2) is 67.1 Å². The van der Waals surface area contributed by atoms with E-state index in [0.717, 1.165) is 30.6 Å². The molecular weight excluding hydrogens is 324 g/mol. The van der Waals surface area contributed by atoms with Crippen LogP contribution in [0.2, 0.25) is 0 Å². The number of aromatic nitrogens is 2. The number of pyridine rings is 2. The molecule has 5 heteroatoms. The first kappa shape index (κ1) is 16.3. The quantitative estimate of drug-likeness (QED) is 0.787. The number of hydrogen-bond donors (Lipinski definition) is 1. The monoisotopic (exact) mass is 344 g/mol. The van der Waals surface area contributed by atoms with E-state index in [1.54, 1.807) is 24.7 Å². The molecule has 3 aromatic rings. The van der Waals surface area contributed by atoms with Gasteiger partial charge in [0.2, 0.25) is 0 Å². The van der Waals surface area contributed by atoms with Crippen molar-refractivity contribution >= 4 is 17.4 Å². The number of aryl methyl sites for hydroxylation is 1. The highest BCUT2D eigenvalue weighted by Gasteiger charge is 2.23. The molecule has 130 valence electrons. The van der Waals surface area contributed by atoms with Gasteiger partial charge < -0.3 is 10.2 Å². The van der Waals surface area contributed by atoms with Crippen LogP contribution in [0, 0.1) is 0 Å². The molecule has 1 aliphatic heterocycles. The van der Waals surface area contributed by atoms with Gasteiger partial charge in [0.05, 0.1) is 5.56 Å². The zero-order valence-corrected chi connectivity index (χ0v) is 14.4. The lowest BCUT2D eigenvalue weighted by molar-refractivity contribution is 0.0951. The van der Waals surface area contributed by atoms with Crippen molar-refractivity contribution in [1.29, 1.82) is 0 Å². The number of hydrogen-bond acceptors (Lipinski definition) is 4. The molecule has 1 amide bonds. The van der Waals surface area contributed by atoms with Crippen LogP contribution in [-0.4, -0.2) is 22.4 Å². The normalized spacial score (nSPS) is 13.2. The second-order valence-corrected chi connectivity index (χ2v) is 6.30. The number of benzene rings is 1. The Balaban J connectivity index is 1.60. The first-order valence-electron chi connectivity index (χ1n) is 8.80. The van der Waals surface area contributed by atoms with Gasteiger partial charge in [0.1, 0.15) is 5.82 Å². The fraction of sp³-hybridized carbons (Fsp3) is 0.190. The van der Waals surface area contributed by atoms with Crippen molar-refractivity contribution in [2.45, 2.75) is 19.4 Å². The molecule has 26 heavy (non-hydrogen) atoms. The number of amides is 1. The van der Waals surface area contributed by atoms with Crippen LogP contribution >= 0.6 is 0 Å². The van der Waals surface area contributed by atoms with Gasteiger partial charge in [-0.2, -0.15) is 0 Å². The van der Waals surface area contributed by atoms with Gasteiger partial charge in [-0.25, -0.2) is 4.98 Å². The maximum atomic E-state index is 12.8. The highest BCUT2D eigenvalue weighted by Crippen LogP contribution is 2.33. The van der Waals surface area contributed by atoms with E-state index in [1.807, 2.05) is 24.3 Å². The number of carbonyl (C=O) groups is 1. The van der Waals surface area contributed by atoms with E-state index in [1.165, 1.54) is 5.56 Å². The van der Waals surface area contributed by atoms with Crippen molar-refractivity contribution in [3.8, 4) is 0 Å². The van der Waals surface area contributed by atoms with Gasteiger partial charge >= 0.3 is 0 Å². The van der Waals surface area contributed by atoms with E-state index in [2.05, 4.69) is 38.4 Å². The number of para-hydroxylation sites is 1. The third kappa shape index (κ3) is 3.28. The first-order chi connectivity index (χ1) is 12.8. The number of rotatable bonds is 4. The molecule has 0 aliphatic carbocycles. The Morgan fingerprint density at radius 1 is 1.08 bits per heavy atom. The molecule has 0 radical (unpaired) electrons. The molecule has 0 atom stereocenters. The Hall–Kier alpha value is -3.21. The Bertz CT molecular complexity index is 911. The highest BCUT2D eigenvalue weighted by molar-refractivity contribution is 5.99. The van der Waals surface area contributed by atoms with Gasteiger partial charge in [0.15, 0.2) is 0 Å². The van der Waals surface area contributed by atoms with E-state index < -0.39 is 0 Å². The third-order valence-electron chi connectivity index (χ3n) is 4.57. The molecule has 1 aliphatic rings. The second kappa shape index (κ2) is 7.35. The largest absolute Gasteiger partial charge is 0.348 e. The number of fused-ring (bicyclic) bond motifs is 1. The molecule has 0 spiro atoms. The van der Waals surface area contributed by atoms with Crippen LogP contribution in [-0.2, 0) is 13.0 Å². The number of carbonyl (C=O) groups excluding carboxylic acids is 1. The predicted octanol–water partition coefficient (Wildman–Crippen LogP) is 3.49. The van der Waals surface area contributed by atoms with Crippen LogP contribution < -0.4 is 10.2 Å². The zero-order chi connectivity index (χ0) is 17.8. The summed E-state index contributed by atoms with van der Waals surface area (Å²) in [5.41, 5.74) is 3.99. The maximum Gasteiger partial charge on any atom is 0.255 e. The molecule has 1 N–H and O–H groups in total. The van der Waals surface area contributed by atoms with Crippen molar-refractivity contribution in [1.82, 2.24) is 15.3 Å². The van der Waals surface area contributed by atoms with E-state index in [0.29, 0.717) is 17.9 Å². The smallest absolute Gasteiger partial charge is 0.255 e. The SMILES string of the molecule is O=C(NCc1cccnc1)c1cccnc1N1CCCc2ccccc21. The molecule has 0 saturated carbocycles. The summed E-state index contributed by atoms with van der Waals surface area (Å²) in [6.07, 6.45) is 7.32. The highest BCUT2D eigenvalue weighted by atomic mass is 16.1. The molecule has 2 aromatic heterocycles. The van der Waals surface area contributed by atoms with Crippen LogP contribution in [0.4, 0.5) is 11.5 Å². The minimum absolute atomic E-state index is 0.125. The summed E-state index contributed by atoms with van der Waals surface area (Å²) in [6.45, 7) is 1.30. The number of nitrogens with one attached hydrogen (secondary N) is 1. The van der Waals surface area contributed by atoms with Crippen molar-refractivity contribution in [3.63, 3.8) is 0 Å². The van der Waals surface area contributed by atoms with Crippen LogP contribution in [0.1, 0.15) is 27.9 Å². The van der Waals surface area contributed by atoms with Gasteiger partial charge in [-0.1, -0.05) is 24.3 Å². The molecule has 3 heterocycles. The average Bonchev–Trinajstić information content (AvgIpc) is 2.72. The Kier molecular flexibility index (Phi) is 4.60. The molecule has 1 aromatic carbocycles. The van der Waals surface area contributed by atoms with Crippen molar-refractivity contribution in [2.24, 2.45) is 0 Å². The Morgan fingerprint density at radius 3 is 2.85 bits per heavy atom. The van der Waals surface area contributed by atoms with Gasteiger partial charge in [0, 0.05) is 37.4 Å². The van der Waals surface area contributed by atoms with Crippen LogP contribution in [0.25, 0.3) is 0 Å². The maximum absolute atomic E-state index is 12.8. The van der Waals surface area contributed by atoms with E-state index in [9.17, 15) is 4.79 Å². The fourth-order valence-electron chi connectivity index (χ4n) is 3.32. The van der Waals surface area contributed by atoms with E-state index >= 15 is 0 Å². The van der Waals surface area contributed by atoms with Crippen LogP contribution in [0.5, 0.6) is 0 Å². The Labute approximate surface area is 152 Å². The fourth-order valence-corrected chi connectivity index (χ4v) is 3.32. The third-order valence-corrected chi connectivity index (χ3v) is 4.57. The molecule has 0 bridgehead atoms. The minimum atomic E-state index is -0.125. The van der Waals surface area contributed by atoms with Crippen LogP contribution in [0.3, 0.4) is 0 Å². The molecular formula is C21H20N4O. The first-order valence-corrected chi connectivity index (χ1v) is 8.80. The minimum Gasteiger partial charge on any atom is -0.348 e. The molecule has 0 saturated heterocycles. The summed E-state index contributed by atoms with van der Waals surface area (Å²) in [5.74, 6) is 0.586. The second-order valence-electron chi connectivity index (χ2n) is 6.30. The predicted molar refractivity (Wildman–Crippen MR) is 101 cm³/mol. The van der Waals surface area contributed by atoms with Crippen molar-refractivity contribution in [2.75, 3.05) is 11.4 Å². The molecule has 0 unspecified atom stereocenters. The van der Waals surface area contributed by atoms with Crippen molar-refractivity contribution < 1.29 is 4.79 Å². The topological polar surface area (TPSA) is 58.1 Å². The van der Waals surface area contributed by atoms with E-state index in [-0.39, 0.29) is 5.91 Å². The van der Waals surface area contributed by atoms with E-state index in [4.69, 9.17) is 0 Å². The summed E-state index contributed by atoms with van der Waals surface area (Å²) in [7, 11) is 0. The average molecular weight is 344 g/mol. The summed E-state index contributed by atoms with van der Waals surface area (Å²) in [6, 6.07) is 15.8. The molecule has 4 rings (SSSR count).